The predicted molar refractivity (Wildman–Crippen MR) is 106 cm³/mol. The van der Waals surface area contributed by atoms with Crippen molar-refractivity contribution in [2.24, 2.45) is 0 Å². The van der Waals surface area contributed by atoms with Crippen LogP contribution in [-0.4, -0.2) is 47.5 Å². The van der Waals surface area contributed by atoms with Gasteiger partial charge >= 0.3 is 0 Å². The second-order valence-corrected chi connectivity index (χ2v) is 8.07. The molecule has 7 nitrogen and oxygen atoms in total. The Morgan fingerprint density at radius 3 is 2.59 bits per heavy atom. The van der Waals surface area contributed by atoms with Crippen LogP contribution in [0.1, 0.15) is 40.7 Å². The largest absolute Gasteiger partial charge is 0.454 e. The number of rotatable bonds is 3. The van der Waals surface area contributed by atoms with Gasteiger partial charge in [-0.3, -0.25) is 9.59 Å². The lowest BCUT2D eigenvalue weighted by Gasteiger charge is -2.47. The molecule has 1 spiro atoms. The number of carbonyl (C=O) groups excluding carboxylic acids is 1. The lowest BCUT2D eigenvalue weighted by Crippen LogP contribution is -2.54. The van der Waals surface area contributed by atoms with Crippen LogP contribution in [-0.2, 0) is 11.3 Å². The summed E-state index contributed by atoms with van der Waals surface area (Å²) in [6.45, 7) is 4.48. The van der Waals surface area contributed by atoms with E-state index in [0.717, 1.165) is 31.4 Å². The van der Waals surface area contributed by atoms with Crippen molar-refractivity contribution in [2.45, 2.75) is 38.3 Å². The number of ether oxygens (including phenoxy) is 3. The molecule has 3 aliphatic heterocycles. The normalized spacial score (nSPS) is 19.3. The van der Waals surface area contributed by atoms with Crippen LogP contribution in [0.15, 0.2) is 35.3 Å². The summed E-state index contributed by atoms with van der Waals surface area (Å²) in [7, 11) is 0. The molecule has 29 heavy (non-hydrogen) atoms. The molecule has 5 rings (SSSR count). The summed E-state index contributed by atoms with van der Waals surface area (Å²) < 4.78 is 18.1. The molecule has 0 saturated carbocycles. The minimum absolute atomic E-state index is 0.0257. The maximum atomic E-state index is 13.2. The van der Waals surface area contributed by atoms with Crippen molar-refractivity contribution in [3.05, 3.63) is 57.5 Å². The van der Waals surface area contributed by atoms with E-state index in [1.54, 1.807) is 15.7 Å². The van der Waals surface area contributed by atoms with Crippen molar-refractivity contribution in [3.63, 3.8) is 0 Å². The monoisotopic (exact) mass is 396 g/mol. The topological polar surface area (TPSA) is 70.0 Å². The third kappa shape index (κ3) is 3.19. The highest BCUT2D eigenvalue weighted by atomic mass is 16.7. The standard InChI is InChI=1S/C22H24N2O5/c1-15-4-8-24(13-16-2-3-17-18(12-16)28-14-27-17)21(26)19(15)20(25)23-9-5-22(6-10-23)7-11-29-22/h2-4,8,12H,5-7,9-11,13-14H2,1H3. The van der Waals surface area contributed by atoms with Gasteiger partial charge in [0.15, 0.2) is 11.5 Å². The van der Waals surface area contributed by atoms with Crippen LogP contribution in [0.3, 0.4) is 0 Å². The highest BCUT2D eigenvalue weighted by molar-refractivity contribution is 5.95. The van der Waals surface area contributed by atoms with Gasteiger partial charge in [0.1, 0.15) is 5.56 Å². The molecule has 1 aromatic carbocycles. The van der Waals surface area contributed by atoms with Gasteiger partial charge in [-0.2, -0.15) is 0 Å². The van der Waals surface area contributed by atoms with Gasteiger partial charge in [0.05, 0.1) is 18.8 Å². The van der Waals surface area contributed by atoms with E-state index in [4.69, 9.17) is 14.2 Å². The molecule has 2 saturated heterocycles. The van der Waals surface area contributed by atoms with Gasteiger partial charge in [0.2, 0.25) is 6.79 Å². The molecule has 7 heteroatoms. The minimum atomic E-state index is -0.257. The fraction of sp³-hybridized carbons (Fsp3) is 0.455. The van der Waals surface area contributed by atoms with Crippen LogP contribution < -0.4 is 15.0 Å². The molecule has 2 fully saturated rings. The van der Waals surface area contributed by atoms with Crippen LogP contribution in [0.25, 0.3) is 0 Å². The van der Waals surface area contributed by atoms with E-state index in [-0.39, 0.29) is 29.4 Å². The molecule has 0 radical (unpaired) electrons. The molecule has 1 amide bonds. The number of piperidine rings is 1. The number of aryl methyl sites for hydroxylation is 1. The van der Waals surface area contributed by atoms with Gasteiger partial charge in [0.25, 0.3) is 11.5 Å². The summed E-state index contributed by atoms with van der Waals surface area (Å²) >= 11 is 0. The lowest BCUT2D eigenvalue weighted by molar-refractivity contribution is -0.169. The average Bonchev–Trinajstić information content (AvgIpc) is 3.17. The summed E-state index contributed by atoms with van der Waals surface area (Å²) in [5, 5.41) is 0. The van der Waals surface area contributed by atoms with E-state index in [1.807, 2.05) is 31.2 Å². The number of benzene rings is 1. The zero-order chi connectivity index (χ0) is 20.0. The Morgan fingerprint density at radius 1 is 1.10 bits per heavy atom. The van der Waals surface area contributed by atoms with Crippen LogP contribution in [0.5, 0.6) is 11.5 Å². The quantitative estimate of drug-likeness (QED) is 0.797. The molecule has 152 valence electrons. The molecule has 1 aromatic heterocycles. The number of hydrogen-bond acceptors (Lipinski definition) is 5. The first-order valence-corrected chi connectivity index (χ1v) is 10.1. The van der Waals surface area contributed by atoms with Crippen LogP contribution in [0.2, 0.25) is 0 Å². The second kappa shape index (κ2) is 6.91. The van der Waals surface area contributed by atoms with Gasteiger partial charge in [-0.15, -0.1) is 0 Å². The first-order valence-electron chi connectivity index (χ1n) is 10.1. The molecule has 0 N–H and O–H groups in total. The van der Waals surface area contributed by atoms with Crippen molar-refractivity contribution >= 4 is 5.91 Å². The molecule has 0 bridgehead atoms. The number of likely N-dealkylation sites (tertiary alicyclic amines) is 1. The first-order chi connectivity index (χ1) is 14.0. The Kier molecular flexibility index (Phi) is 4.35. The van der Waals surface area contributed by atoms with E-state index in [9.17, 15) is 9.59 Å². The molecule has 4 heterocycles. The van der Waals surface area contributed by atoms with E-state index >= 15 is 0 Å². The maximum Gasteiger partial charge on any atom is 0.263 e. The van der Waals surface area contributed by atoms with E-state index in [0.29, 0.717) is 36.7 Å². The molecule has 2 aromatic rings. The third-order valence-corrected chi connectivity index (χ3v) is 6.31. The fourth-order valence-corrected chi connectivity index (χ4v) is 4.35. The number of amides is 1. The first kappa shape index (κ1) is 18.2. The molecule has 3 aliphatic rings. The molecule has 0 aliphatic carbocycles. The Balaban J connectivity index is 1.38. The van der Waals surface area contributed by atoms with Gasteiger partial charge in [-0.05, 0) is 55.5 Å². The number of fused-ring (bicyclic) bond motifs is 1. The SMILES string of the molecule is Cc1ccn(Cc2ccc3c(c2)OCO3)c(=O)c1C(=O)N1CCC2(CCO2)CC1. The highest BCUT2D eigenvalue weighted by Gasteiger charge is 2.42. The fourth-order valence-electron chi connectivity index (χ4n) is 4.35. The van der Waals surface area contributed by atoms with Crippen molar-refractivity contribution in [3.8, 4) is 11.5 Å². The Hall–Kier alpha value is -2.80. The molecule has 0 atom stereocenters. The number of pyridine rings is 1. The summed E-state index contributed by atoms with van der Waals surface area (Å²) in [6.07, 6.45) is 4.50. The van der Waals surface area contributed by atoms with Crippen molar-refractivity contribution in [2.75, 3.05) is 26.5 Å². The predicted octanol–water partition coefficient (Wildman–Crippen LogP) is 2.33. The smallest absolute Gasteiger partial charge is 0.263 e. The van der Waals surface area contributed by atoms with Gasteiger partial charge in [-0.1, -0.05) is 6.07 Å². The van der Waals surface area contributed by atoms with E-state index in [2.05, 4.69) is 0 Å². The van der Waals surface area contributed by atoms with Crippen molar-refractivity contribution < 1.29 is 19.0 Å². The van der Waals surface area contributed by atoms with Crippen LogP contribution in [0.4, 0.5) is 0 Å². The molecule has 0 unspecified atom stereocenters. The Bertz CT molecular complexity index is 1010. The van der Waals surface area contributed by atoms with Gasteiger partial charge < -0.3 is 23.7 Å². The van der Waals surface area contributed by atoms with E-state index in [1.165, 1.54) is 0 Å². The van der Waals surface area contributed by atoms with Crippen LogP contribution in [0, 0.1) is 6.92 Å². The lowest BCUT2D eigenvalue weighted by atomic mass is 9.84. The van der Waals surface area contributed by atoms with Crippen LogP contribution >= 0.6 is 0 Å². The van der Waals surface area contributed by atoms with Gasteiger partial charge in [-0.25, -0.2) is 0 Å². The van der Waals surface area contributed by atoms with Gasteiger partial charge in [0, 0.05) is 19.3 Å². The highest BCUT2D eigenvalue weighted by Crippen LogP contribution is 2.37. The number of nitrogens with zero attached hydrogens (tertiary/aromatic N) is 2. The summed E-state index contributed by atoms with van der Waals surface area (Å²) in [6, 6.07) is 7.46. The summed E-state index contributed by atoms with van der Waals surface area (Å²) in [4.78, 5) is 28.1. The maximum absolute atomic E-state index is 13.2. The molecular weight excluding hydrogens is 372 g/mol. The average molecular weight is 396 g/mol. The van der Waals surface area contributed by atoms with Crippen molar-refractivity contribution in [1.29, 1.82) is 0 Å². The number of aromatic nitrogens is 1. The van der Waals surface area contributed by atoms with Crippen molar-refractivity contribution in [1.82, 2.24) is 9.47 Å². The third-order valence-electron chi connectivity index (χ3n) is 6.31. The van der Waals surface area contributed by atoms with E-state index < -0.39 is 0 Å². The minimum Gasteiger partial charge on any atom is -0.454 e. The number of hydrogen-bond donors (Lipinski definition) is 0. The summed E-state index contributed by atoms with van der Waals surface area (Å²) in [5.41, 5.74) is 1.61. The Labute approximate surface area is 168 Å². The number of carbonyl (C=O) groups is 1. The second-order valence-electron chi connectivity index (χ2n) is 8.07. The zero-order valence-corrected chi connectivity index (χ0v) is 16.5. The summed E-state index contributed by atoms with van der Waals surface area (Å²) in [5.74, 6) is 1.21. The Morgan fingerprint density at radius 2 is 1.86 bits per heavy atom. The molecular formula is C22H24N2O5. The zero-order valence-electron chi connectivity index (χ0n) is 16.5.